The molecule has 1 atom stereocenters. The molecule has 78 valence electrons. The lowest BCUT2D eigenvalue weighted by Crippen LogP contribution is -1.99. The highest BCUT2D eigenvalue weighted by molar-refractivity contribution is 5.48. The summed E-state index contributed by atoms with van der Waals surface area (Å²) in [5, 5.41) is 0. The summed E-state index contributed by atoms with van der Waals surface area (Å²) in [6, 6.07) is 3.85. The van der Waals surface area contributed by atoms with Crippen molar-refractivity contribution in [2.75, 3.05) is 0 Å². The third-order valence-electron chi connectivity index (χ3n) is 2.84. The van der Waals surface area contributed by atoms with Crippen LogP contribution in [-0.2, 0) is 0 Å². The van der Waals surface area contributed by atoms with Crippen LogP contribution < -0.4 is 0 Å². The van der Waals surface area contributed by atoms with E-state index in [4.69, 9.17) is 0 Å². The summed E-state index contributed by atoms with van der Waals surface area (Å²) in [7, 11) is 0. The van der Waals surface area contributed by atoms with Crippen molar-refractivity contribution in [3.05, 3.63) is 35.9 Å². The summed E-state index contributed by atoms with van der Waals surface area (Å²) < 4.78 is 27.6. The van der Waals surface area contributed by atoms with Crippen LogP contribution in [0.2, 0.25) is 0 Å². The summed E-state index contributed by atoms with van der Waals surface area (Å²) in [5.74, 6) is -2.76. The highest BCUT2D eigenvalue weighted by Gasteiger charge is 2.59. The molecule has 1 aliphatic rings. The van der Waals surface area contributed by atoms with E-state index < -0.39 is 11.8 Å². The molecule has 4 heteroatoms. The number of halogens is 2. The minimum absolute atomic E-state index is 0.0694. The maximum Gasteiger partial charge on any atom is 0.259 e. The summed E-state index contributed by atoms with van der Waals surface area (Å²) in [5.41, 5.74) is 1.92. The lowest BCUT2D eigenvalue weighted by molar-refractivity contribution is 0.111. The Hall–Kier alpha value is -1.45. The van der Waals surface area contributed by atoms with Crippen molar-refractivity contribution in [2.24, 2.45) is 0 Å². The van der Waals surface area contributed by atoms with Crippen LogP contribution in [0.4, 0.5) is 8.78 Å². The number of imidazole rings is 1. The molecule has 0 amide bonds. The monoisotopic (exact) mass is 208 g/mol. The van der Waals surface area contributed by atoms with E-state index in [2.05, 4.69) is 4.98 Å². The Kier molecular flexibility index (Phi) is 1.51. The zero-order valence-electron chi connectivity index (χ0n) is 8.24. The molecule has 0 aromatic carbocycles. The van der Waals surface area contributed by atoms with Gasteiger partial charge in [0, 0.05) is 12.6 Å². The van der Waals surface area contributed by atoms with Gasteiger partial charge in [0.25, 0.3) is 5.92 Å². The summed E-state index contributed by atoms with van der Waals surface area (Å²) in [6.07, 6.45) is 3.43. The average Bonchev–Trinajstić information content (AvgIpc) is 2.64. The predicted molar refractivity (Wildman–Crippen MR) is 52.2 cm³/mol. The van der Waals surface area contributed by atoms with Crippen LogP contribution in [0.3, 0.4) is 0 Å². The van der Waals surface area contributed by atoms with E-state index in [9.17, 15) is 8.78 Å². The molecule has 2 nitrogen and oxygen atoms in total. The maximum atomic E-state index is 12.9. The molecule has 0 bridgehead atoms. The first-order chi connectivity index (χ1) is 7.08. The molecule has 1 fully saturated rings. The van der Waals surface area contributed by atoms with E-state index >= 15 is 0 Å². The zero-order valence-corrected chi connectivity index (χ0v) is 8.24. The van der Waals surface area contributed by atoms with Crippen molar-refractivity contribution in [3.63, 3.8) is 0 Å². The van der Waals surface area contributed by atoms with Crippen molar-refractivity contribution >= 4 is 5.52 Å². The third-order valence-corrected chi connectivity index (χ3v) is 2.84. The first kappa shape index (κ1) is 8.83. The molecule has 0 radical (unpaired) electrons. The van der Waals surface area contributed by atoms with Gasteiger partial charge in [0.15, 0.2) is 0 Å². The number of aryl methyl sites for hydroxylation is 1. The van der Waals surface area contributed by atoms with Crippen molar-refractivity contribution < 1.29 is 8.78 Å². The second-order valence-electron chi connectivity index (χ2n) is 4.14. The van der Waals surface area contributed by atoms with Crippen molar-refractivity contribution in [1.82, 2.24) is 9.38 Å². The van der Waals surface area contributed by atoms with Gasteiger partial charge in [0.05, 0.1) is 17.6 Å². The van der Waals surface area contributed by atoms with Crippen molar-refractivity contribution in [2.45, 2.75) is 25.2 Å². The van der Waals surface area contributed by atoms with Gasteiger partial charge in [-0.2, -0.15) is 0 Å². The third kappa shape index (κ3) is 1.24. The number of fused-ring (bicyclic) bond motifs is 1. The Morgan fingerprint density at radius 2 is 2.20 bits per heavy atom. The van der Waals surface area contributed by atoms with Gasteiger partial charge in [-0.3, -0.25) is 0 Å². The lowest BCUT2D eigenvalue weighted by atomic mass is 10.3. The molecule has 2 aromatic heterocycles. The fourth-order valence-electron chi connectivity index (χ4n) is 1.87. The summed E-state index contributed by atoms with van der Waals surface area (Å²) in [6.45, 7) is 1.94. The first-order valence-corrected chi connectivity index (χ1v) is 4.89. The molecule has 1 aliphatic carbocycles. The molecule has 0 aliphatic heterocycles. The first-order valence-electron chi connectivity index (χ1n) is 4.89. The van der Waals surface area contributed by atoms with E-state index in [1.54, 1.807) is 10.6 Å². The molecular formula is C11H10F2N2. The number of alkyl halides is 2. The van der Waals surface area contributed by atoms with Gasteiger partial charge in [-0.1, -0.05) is 6.07 Å². The van der Waals surface area contributed by atoms with Gasteiger partial charge >= 0.3 is 0 Å². The van der Waals surface area contributed by atoms with E-state index in [0.29, 0.717) is 5.82 Å². The predicted octanol–water partition coefficient (Wildman–Crippen LogP) is 2.77. The molecule has 1 unspecified atom stereocenters. The molecule has 0 spiro atoms. The highest BCUT2D eigenvalue weighted by Crippen LogP contribution is 2.55. The Morgan fingerprint density at radius 1 is 1.47 bits per heavy atom. The molecule has 0 saturated heterocycles. The Labute approximate surface area is 85.6 Å². The van der Waals surface area contributed by atoms with E-state index in [1.807, 2.05) is 25.3 Å². The smallest absolute Gasteiger partial charge is 0.259 e. The molecule has 0 N–H and O–H groups in total. The normalized spacial score (nSPS) is 23.3. The van der Waals surface area contributed by atoms with Crippen molar-refractivity contribution in [3.8, 4) is 0 Å². The van der Waals surface area contributed by atoms with Gasteiger partial charge in [0.1, 0.15) is 5.82 Å². The molecule has 2 aromatic rings. The van der Waals surface area contributed by atoms with Gasteiger partial charge in [-0.25, -0.2) is 13.8 Å². The van der Waals surface area contributed by atoms with Crippen LogP contribution in [0.15, 0.2) is 24.5 Å². The van der Waals surface area contributed by atoms with Gasteiger partial charge in [-0.15, -0.1) is 0 Å². The van der Waals surface area contributed by atoms with Crippen LogP contribution in [0.1, 0.15) is 23.7 Å². The summed E-state index contributed by atoms with van der Waals surface area (Å²) in [4.78, 5) is 4.08. The average molecular weight is 208 g/mol. The SMILES string of the molecule is Cc1ccc2cnc(C3CC3(F)F)n2c1. The fourth-order valence-corrected chi connectivity index (χ4v) is 1.87. The number of hydrogen-bond acceptors (Lipinski definition) is 1. The van der Waals surface area contributed by atoms with Gasteiger partial charge in [-0.05, 0) is 18.6 Å². The quantitative estimate of drug-likeness (QED) is 0.704. The second kappa shape index (κ2) is 2.56. The molecule has 2 heterocycles. The molecule has 3 rings (SSSR count). The number of rotatable bonds is 1. The van der Waals surface area contributed by atoms with E-state index in [-0.39, 0.29) is 6.42 Å². The topological polar surface area (TPSA) is 17.3 Å². The fraction of sp³-hybridized carbons (Fsp3) is 0.364. The van der Waals surface area contributed by atoms with E-state index in [0.717, 1.165) is 11.1 Å². The zero-order chi connectivity index (χ0) is 10.6. The Morgan fingerprint density at radius 3 is 2.87 bits per heavy atom. The van der Waals surface area contributed by atoms with Crippen molar-refractivity contribution in [1.29, 1.82) is 0 Å². The van der Waals surface area contributed by atoms with Crippen LogP contribution in [0.5, 0.6) is 0 Å². The molecule has 1 saturated carbocycles. The second-order valence-corrected chi connectivity index (χ2v) is 4.14. The van der Waals surface area contributed by atoms with Gasteiger partial charge < -0.3 is 4.40 Å². The molecular weight excluding hydrogens is 198 g/mol. The number of hydrogen-bond donors (Lipinski definition) is 0. The van der Waals surface area contributed by atoms with Crippen LogP contribution >= 0.6 is 0 Å². The standard InChI is InChI=1S/C11H10F2N2/c1-7-2-3-8-5-14-10(15(8)6-7)9-4-11(9,12)13/h2-3,5-6,9H,4H2,1H3. The largest absolute Gasteiger partial charge is 0.303 e. The van der Waals surface area contributed by atoms with Crippen LogP contribution in [0, 0.1) is 6.92 Å². The number of nitrogens with zero attached hydrogens (tertiary/aromatic N) is 2. The Bertz CT molecular complexity index is 530. The van der Waals surface area contributed by atoms with E-state index in [1.165, 1.54) is 0 Å². The minimum atomic E-state index is -2.55. The Balaban J connectivity index is 2.16. The highest BCUT2D eigenvalue weighted by atomic mass is 19.3. The number of pyridine rings is 1. The lowest BCUT2D eigenvalue weighted by Gasteiger charge is -2.01. The van der Waals surface area contributed by atoms with Crippen LogP contribution in [-0.4, -0.2) is 15.3 Å². The van der Waals surface area contributed by atoms with Gasteiger partial charge in [0.2, 0.25) is 0 Å². The van der Waals surface area contributed by atoms with Crippen LogP contribution in [0.25, 0.3) is 5.52 Å². The minimum Gasteiger partial charge on any atom is -0.303 e. The number of aromatic nitrogens is 2. The summed E-state index contributed by atoms with van der Waals surface area (Å²) >= 11 is 0. The molecule has 15 heavy (non-hydrogen) atoms. The maximum absolute atomic E-state index is 12.9.